The Balaban J connectivity index is 2.04. The summed E-state index contributed by atoms with van der Waals surface area (Å²) >= 11 is 5.82. The van der Waals surface area contributed by atoms with Crippen molar-refractivity contribution in [2.24, 2.45) is 11.8 Å². The van der Waals surface area contributed by atoms with Crippen molar-refractivity contribution in [1.29, 1.82) is 0 Å². The minimum Gasteiger partial charge on any atom is -0.367 e. The quantitative estimate of drug-likeness (QED) is 0.189. The average molecular weight is 417 g/mol. The summed E-state index contributed by atoms with van der Waals surface area (Å²) in [5.74, 6) is -1.90. The SMILES string of the molecule is CCCNc1nc(Cl)nc(NNC(=O)[C@H](CC2CCCC2)CN(O)C=O)c1F. The molecular formula is C17H26ClFN6O3. The number of hydroxylamine groups is 2. The van der Waals surface area contributed by atoms with E-state index >= 15 is 0 Å². The lowest BCUT2D eigenvalue weighted by molar-refractivity contribution is -0.154. The van der Waals surface area contributed by atoms with E-state index in [0.29, 0.717) is 23.9 Å². The van der Waals surface area contributed by atoms with Crippen LogP contribution >= 0.6 is 11.6 Å². The molecule has 2 amide bonds. The summed E-state index contributed by atoms with van der Waals surface area (Å²) in [4.78, 5) is 30.8. The first-order chi connectivity index (χ1) is 13.4. The molecule has 1 aromatic rings. The molecule has 0 saturated heterocycles. The Bertz CT molecular complexity index is 675. The van der Waals surface area contributed by atoms with Crippen LogP contribution in [0.3, 0.4) is 0 Å². The van der Waals surface area contributed by atoms with Gasteiger partial charge in [-0.25, -0.2) is 5.06 Å². The molecule has 156 valence electrons. The highest BCUT2D eigenvalue weighted by Crippen LogP contribution is 2.30. The number of hydrazine groups is 1. The van der Waals surface area contributed by atoms with E-state index in [1.807, 2.05) is 6.92 Å². The minimum atomic E-state index is -0.776. The smallest absolute Gasteiger partial charge is 0.243 e. The van der Waals surface area contributed by atoms with E-state index in [4.69, 9.17) is 11.6 Å². The van der Waals surface area contributed by atoms with Crippen LogP contribution in [0.2, 0.25) is 5.28 Å². The van der Waals surface area contributed by atoms with Crippen molar-refractivity contribution in [3.05, 3.63) is 11.1 Å². The summed E-state index contributed by atoms with van der Waals surface area (Å²) in [5, 5.41) is 12.5. The Hall–Kier alpha value is -2.20. The van der Waals surface area contributed by atoms with Crippen LogP contribution in [0.1, 0.15) is 45.4 Å². The molecular weight excluding hydrogens is 391 g/mol. The highest BCUT2D eigenvalue weighted by Gasteiger charge is 2.27. The first-order valence-corrected chi connectivity index (χ1v) is 9.76. The van der Waals surface area contributed by atoms with Gasteiger partial charge >= 0.3 is 0 Å². The second-order valence-corrected chi connectivity index (χ2v) is 7.19. The highest BCUT2D eigenvalue weighted by molar-refractivity contribution is 6.28. The number of hydrogen-bond donors (Lipinski definition) is 4. The zero-order valence-electron chi connectivity index (χ0n) is 15.8. The number of aromatic nitrogens is 2. The zero-order valence-corrected chi connectivity index (χ0v) is 16.5. The van der Waals surface area contributed by atoms with Crippen molar-refractivity contribution in [2.45, 2.75) is 45.4 Å². The Morgan fingerprint density at radius 2 is 2.07 bits per heavy atom. The van der Waals surface area contributed by atoms with Crippen molar-refractivity contribution < 1.29 is 19.2 Å². The van der Waals surface area contributed by atoms with Crippen molar-refractivity contribution in [1.82, 2.24) is 20.5 Å². The number of rotatable bonds is 11. The summed E-state index contributed by atoms with van der Waals surface area (Å²) < 4.78 is 14.5. The molecule has 1 aliphatic rings. The lowest BCUT2D eigenvalue weighted by Crippen LogP contribution is -2.41. The summed E-state index contributed by atoms with van der Waals surface area (Å²) in [6.07, 6.45) is 5.75. The van der Waals surface area contributed by atoms with Crippen LogP contribution in [0.4, 0.5) is 16.0 Å². The molecule has 0 bridgehead atoms. The molecule has 0 aromatic carbocycles. The second-order valence-electron chi connectivity index (χ2n) is 6.86. The minimum absolute atomic E-state index is 0.0661. The van der Waals surface area contributed by atoms with E-state index in [1.54, 1.807) is 0 Å². The first-order valence-electron chi connectivity index (χ1n) is 9.38. The molecule has 1 aromatic heterocycles. The average Bonchev–Trinajstić information content (AvgIpc) is 3.19. The number of amides is 2. The van der Waals surface area contributed by atoms with Crippen LogP contribution in [0.15, 0.2) is 0 Å². The molecule has 0 radical (unpaired) electrons. The third-order valence-electron chi connectivity index (χ3n) is 4.66. The summed E-state index contributed by atoms with van der Waals surface area (Å²) in [5.41, 5.74) is 4.82. The monoisotopic (exact) mass is 416 g/mol. The molecule has 0 aliphatic heterocycles. The van der Waals surface area contributed by atoms with Gasteiger partial charge in [0, 0.05) is 6.54 Å². The van der Waals surface area contributed by atoms with Gasteiger partial charge in [-0.15, -0.1) is 0 Å². The zero-order chi connectivity index (χ0) is 20.5. The van der Waals surface area contributed by atoms with Gasteiger partial charge in [-0.3, -0.25) is 25.6 Å². The molecule has 1 heterocycles. The van der Waals surface area contributed by atoms with Gasteiger partial charge in [0.05, 0.1) is 12.5 Å². The van der Waals surface area contributed by atoms with Crippen LogP contribution in [0.25, 0.3) is 0 Å². The lowest BCUT2D eigenvalue weighted by atomic mass is 9.92. The molecule has 1 aliphatic carbocycles. The number of nitrogens with zero attached hydrogens (tertiary/aromatic N) is 3. The van der Waals surface area contributed by atoms with Crippen LogP contribution in [-0.4, -0.2) is 45.6 Å². The van der Waals surface area contributed by atoms with Crippen molar-refractivity contribution in [2.75, 3.05) is 23.8 Å². The second kappa shape index (κ2) is 11.0. The third-order valence-corrected chi connectivity index (χ3v) is 4.83. The normalized spacial score (nSPS) is 15.1. The molecule has 11 heteroatoms. The van der Waals surface area contributed by atoms with Gasteiger partial charge < -0.3 is 5.32 Å². The standard InChI is InChI=1S/C17H26ClFN6O3/c1-2-7-20-14-13(19)15(22-17(18)21-14)23-24-16(27)12(9-25(28)10-26)8-11-5-3-4-6-11/h10-12,28H,2-9H2,1H3,(H,24,27)(H2,20,21,22,23)/t12-/m1/s1. The topological polar surface area (TPSA) is 119 Å². The number of nitrogens with one attached hydrogen (secondary N) is 3. The molecule has 1 fully saturated rings. The maximum absolute atomic E-state index is 14.5. The molecule has 1 saturated carbocycles. The molecule has 0 unspecified atom stereocenters. The number of halogens is 2. The van der Waals surface area contributed by atoms with E-state index in [-0.39, 0.29) is 29.9 Å². The Morgan fingerprint density at radius 1 is 1.39 bits per heavy atom. The van der Waals surface area contributed by atoms with Crippen LogP contribution in [0, 0.1) is 17.7 Å². The molecule has 28 heavy (non-hydrogen) atoms. The van der Waals surface area contributed by atoms with Gasteiger partial charge in [0.25, 0.3) is 0 Å². The van der Waals surface area contributed by atoms with Gasteiger partial charge in [-0.05, 0) is 30.4 Å². The number of hydrogen-bond acceptors (Lipinski definition) is 7. The van der Waals surface area contributed by atoms with Crippen LogP contribution in [-0.2, 0) is 9.59 Å². The van der Waals surface area contributed by atoms with E-state index in [0.717, 1.165) is 32.1 Å². The maximum Gasteiger partial charge on any atom is 0.243 e. The number of carbonyl (C=O) groups excluding carboxylic acids is 2. The lowest BCUT2D eigenvalue weighted by Gasteiger charge is -2.22. The fraction of sp³-hybridized carbons (Fsp3) is 0.647. The predicted molar refractivity (Wildman–Crippen MR) is 102 cm³/mol. The Kier molecular flexibility index (Phi) is 8.65. The maximum atomic E-state index is 14.5. The molecule has 2 rings (SSSR count). The fourth-order valence-corrected chi connectivity index (χ4v) is 3.44. The number of carbonyl (C=O) groups is 2. The van der Waals surface area contributed by atoms with Crippen molar-refractivity contribution >= 4 is 35.6 Å². The first kappa shape index (κ1) is 22.1. The molecule has 1 atom stereocenters. The van der Waals surface area contributed by atoms with Gasteiger partial charge in [-0.1, -0.05) is 32.6 Å². The van der Waals surface area contributed by atoms with Crippen molar-refractivity contribution in [3.8, 4) is 0 Å². The van der Waals surface area contributed by atoms with Gasteiger partial charge in [0.1, 0.15) is 0 Å². The van der Waals surface area contributed by atoms with Gasteiger partial charge in [-0.2, -0.15) is 14.4 Å². The Morgan fingerprint density at radius 3 is 2.71 bits per heavy atom. The fourth-order valence-electron chi connectivity index (χ4n) is 3.27. The summed E-state index contributed by atoms with van der Waals surface area (Å²) in [7, 11) is 0. The van der Waals surface area contributed by atoms with Gasteiger partial charge in [0.15, 0.2) is 11.6 Å². The number of anilines is 2. The molecule has 0 spiro atoms. The molecule has 4 N–H and O–H groups in total. The van der Waals surface area contributed by atoms with Crippen LogP contribution in [0.5, 0.6) is 0 Å². The largest absolute Gasteiger partial charge is 0.367 e. The van der Waals surface area contributed by atoms with Crippen LogP contribution < -0.4 is 16.2 Å². The van der Waals surface area contributed by atoms with Crippen molar-refractivity contribution in [3.63, 3.8) is 0 Å². The summed E-state index contributed by atoms with van der Waals surface area (Å²) in [6.45, 7) is 2.27. The van der Waals surface area contributed by atoms with E-state index in [2.05, 4.69) is 26.1 Å². The highest BCUT2D eigenvalue weighted by atomic mass is 35.5. The van der Waals surface area contributed by atoms with E-state index in [1.165, 1.54) is 0 Å². The summed E-state index contributed by atoms with van der Waals surface area (Å²) in [6, 6.07) is 0. The Labute approximate surface area is 168 Å². The third kappa shape index (κ3) is 6.45. The van der Waals surface area contributed by atoms with E-state index < -0.39 is 17.6 Å². The van der Waals surface area contributed by atoms with Gasteiger partial charge in [0.2, 0.25) is 23.4 Å². The predicted octanol–water partition coefficient (Wildman–Crippen LogP) is 2.58. The molecule has 9 nitrogen and oxygen atoms in total. The van der Waals surface area contributed by atoms with E-state index in [9.17, 15) is 19.2 Å².